The van der Waals surface area contributed by atoms with Gasteiger partial charge in [0.05, 0.1) is 5.69 Å². The third kappa shape index (κ3) is 3.40. The number of halogens is 1. The zero-order chi connectivity index (χ0) is 17.1. The van der Waals surface area contributed by atoms with Crippen LogP contribution in [0.4, 0.5) is 4.39 Å². The van der Waals surface area contributed by atoms with Crippen LogP contribution in [0.3, 0.4) is 0 Å². The van der Waals surface area contributed by atoms with Crippen molar-refractivity contribution in [3.63, 3.8) is 0 Å². The molecule has 4 aromatic rings. The quantitative estimate of drug-likeness (QED) is 0.599. The number of aromatic nitrogens is 4. The van der Waals surface area contributed by atoms with E-state index in [9.17, 15) is 4.39 Å². The molecule has 0 radical (unpaired) electrons. The van der Waals surface area contributed by atoms with Crippen molar-refractivity contribution < 1.29 is 13.7 Å². The Kier molecular flexibility index (Phi) is 3.96. The third-order valence-electron chi connectivity index (χ3n) is 3.58. The number of rotatable bonds is 5. The number of ether oxygens (including phenoxy) is 1. The van der Waals surface area contributed by atoms with Crippen molar-refractivity contribution in [2.75, 3.05) is 0 Å². The molecule has 124 valence electrons. The lowest BCUT2D eigenvalue weighted by molar-refractivity contribution is 0.242. The number of benzene rings is 2. The van der Waals surface area contributed by atoms with Gasteiger partial charge < -0.3 is 9.26 Å². The van der Waals surface area contributed by atoms with E-state index in [1.165, 1.54) is 12.1 Å². The van der Waals surface area contributed by atoms with Gasteiger partial charge in [-0.25, -0.2) is 4.39 Å². The van der Waals surface area contributed by atoms with Crippen LogP contribution in [0.25, 0.3) is 22.6 Å². The lowest BCUT2D eigenvalue weighted by Gasteiger charge is -2.02. The van der Waals surface area contributed by atoms with Crippen molar-refractivity contribution in [3.05, 3.63) is 72.5 Å². The number of hydrogen-bond donors (Lipinski definition) is 1. The fraction of sp³-hybridized carbons (Fsp3) is 0.0556. The predicted molar refractivity (Wildman–Crippen MR) is 88.0 cm³/mol. The van der Waals surface area contributed by atoms with Crippen LogP contribution in [0.5, 0.6) is 5.75 Å². The maximum Gasteiger partial charge on any atom is 0.264 e. The first-order valence-electron chi connectivity index (χ1n) is 7.59. The lowest BCUT2D eigenvalue weighted by Crippen LogP contribution is -1.95. The molecule has 4 rings (SSSR count). The van der Waals surface area contributed by atoms with E-state index in [0.29, 0.717) is 17.5 Å². The Balaban J connectivity index is 1.49. The number of aromatic amines is 1. The topological polar surface area (TPSA) is 76.8 Å². The van der Waals surface area contributed by atoms with Crippen molar-refractivity contribution >= 4 is 0 Å². The fourth-order valence-electron chi connectivity index (χ4n) is 2.35. The average molecular weight is 336 g/mol. The van der Waals surface area contributed by atoms with Crippen LogP contribution in [0.2, 0.25) is 0 Å². The minimum Gasteiger partial charge on any atom is -0.484 e. The Bertz CT molecular complexity index is 965. The molecule has 0 bridgehead atoms. The summed E-state index contributed by atoms with van der Waals surface area (Å²) in [5.41, 5.74) is 2.71. The molecule has 2 heterocycles. The molecule has 0 unspecified atom stereocenters. The molecule has 7 heteroatoms. The standard InChI is InChI=1S/C18H13FN4O2/c19-14-4-6-15(7-5-14)24-11-17-21-18(23-25-17)13-3-1-2-12(10-13)16-8-9-20-22-16/h1-10H,11H2,(H,20,22). The Morgan fingerprint density at radius 3 is 2.68 bits per heavy atom. The molecule has 2 aromatic heterocycles. The summed E-state index contributed by atoms with van der Waals surface area (Å²) in [7, 11) is 0. The molecule has 0 fully saturated rings. The second kappa shape index (κ2) is 6.56. The van der Waals surface area contributed by atoms with Crippen LogP contribution in [-0.2, 0) is 6.61 Å². The highest BCUT2D eigenvalue weighted by Crippen LogP contribution is 2.23. The summed E-state index contributed by atoms with van der Waals surface area (Å²) < 4.78 is 23.6. The maximum absolute atomic E-state index is 12.9. The average Bonchev–Trinajstić information content (AvgIpc) is 3.33. The maximum atomic E-state index is 12.9. The van der Waals surface area contributed by atoms with Gasteiger partial charge in [0.25, 0.3) is 5.89 Å². The van der Waals surface area contributed by atoms with Crippen molar-refractivity contribution in [3.8, 4) is 28.4 Å². The van der Waals surface area contributed by atoms with Gasteiger partial charge in [-0.3, -0.25) is 5.10 Å². The molecule has 0 saturated heterocycles. The van der Waals surface area contributed by atoms with Gasteiger partial charge >= 0.3 is 0 Å². The lowest BCUT2D eigenvalue weighted by atomic mass is 10.1. The van der Waals surface area contributed by atoms with Crippen LogP contribution in [0.15, 0.2) is 65.3 Å². The highest BCUT2D eigenvalue weighted by Gasteiger charge is 2.10. The van der Waals surface area contributed by atoms with E-state index in [1.54, 1.807) is 18.3 Å². The van der Waals surface area contributed by atoms with Gasteiger partial charge in [0.15, 0.2) is 6.61 Å². The number of nitrogens with one attached hydrogen (secondary N) is 1. The van der Waals surface area contributed by atoms with E-state index in [0.717, 1.165) is 16.8 Å². The second-order valence-electron chi connectivity index (χ2n) is 5.31. The Morgan fingerprint density at radius 1 is 1.04 bits per heavy atom. The molecular weight excluding hydrogens is 323 g/mol. The van der Waals surface area contributed by atoms with Gasteiger partial charge in [-0.2, -0.15) is 10.1 Å². The summed E-state index contributed by atoms with van der Waals surface area (Å²) in [6, 6.07) is 15.4. The minimum absolute atomic E-state index is 0.110. The van der Waals surface area contributed by atoms with Crippen molar-refractivity contribution in [2.45, 2.75) is 6.61 Å². The Morgan fingerprint density at radius 2 is 1.88 bits per heavy atom. The molecule has 0 aliphatic carbocycles. The first-order valence-corrected chi connectivity index (χ1v) is 7.59. The molecular formula is C18H13FN4O2. The molecule has 0 saturated carbocycles. The van der Waals surface area contributed by atoms with E-state index >= 15 is 0 Å². The van der Waals surface area contributed by atoms with Gasteiger partial charge in [-0.1, -0.05) is 23.4 Å². The molecule has 0 spiro atoms. The molecule has 0 amide bonds. The number of H-pyrrole nitrogens is 1. The number of hydrogen-bond acceptors (Lipinski definition) is 5. The summed E-state index contributed by atoms with van der Waals surface area (Å²) in [6.45, 7) is 0.110. The van der Waals surface area contributed by atoms with Crippen LogP contribution >= 0.6 is 0 Å². The van der Waals surface area contributed by atoms with Gasteiger partial charge in [0.1, 0.15) is 11.6 Å². The van der Waals surface area contributed by atoms with Gasteiger partial charge in [-0.05, 0) is 36.4 Å². The first-order chi connectivity index (χ1) is 12.3. The van der Waals surface area contributed by atoms with Gasteiger partial charge in [0.2, 0.25) is 5.82 Å². The van der Waals surface area contributed by atoms with Gasteiger partial charge in [-0.15, -0.1) is 0 Å². The molecule has 0 aliphatic rings. The SMILES string of the molecule is Fc1ccc(OCc2nc(-c3cccc(-c4ccn[nH]4)c3)no2)cc1. The van der Waals surface area contributed by atoms with E-state index < -0.39 is 0 Å². The molecule has 25 heavy (non-hydrogen) atoms. The summed E-state index contributed by atoms with van der Waals surface area (Å²) in [4.78, 5) is 4.33. The van der Waals surface area contributed by atoms with Crippen molar-refractivity contribution in [1.29, 1.82) is 0 Å². The fourth-order valence-corrected chi connectivity index (χ4v) is 2.35. The first kappa shape index (κ1) is 15.1. The molecule has 1 N–H and O–H groups in total. The van der Waals surface area contributed by atoms with Crippen LogP contribution in [0.1, 0.15) is 5.89 Å². The third-order valence-corrected chi connectivity index (χ3v) is 3.58. The van der Waals surface area contributed by atoms with E-state index in [1.807, 2.05) is 30.3 Å². The van der Waals surface area contributed by atoms with Crippen LogP contribution in [-0.4, -0.2) is 20.3 Å². The zero-order valence-electron chi connectivity index (χ0n) is 13.0. The van der Waals surface area contributed by atoms with E-state index in [2.05, 4.69) is 20.3 Å². The summed E-state index contributed by atoms with van der Waals surface area (Å²) in [6.07, 6.45) is 1.70. The van der Waals surface area contributed by atoms with E-state index in [-0.39, 0.29) is 12.4 Å². The summed E-state index contributed by atoms with van der Waals surface area (Å²) in [5.74, 6) is 1.03. The Hall–Kier alpha value is -3.48. The van der Waals surface area contributed by atoms with Crippen LogP contribution < -0.4 is 4.74 Å². The van der Waals surface area contributed by atoms with E-state index in [4.69, 9.17) is 9.26 Å². The largest absolute Gasteiger partial charge is 0.484 e. The predicted octanol–water partition coefficient (Wildman–Crippen LogP) is 3.84. The van der Waals surface area contributed by atoms with Crippen molar-refractivity contribution in [1.82, 2.24) is 20.3 Å². The monoisotopic (exact) mass is 336 g/mol. The van der Waals surface area contributed by atoms with Gasteiger partial charge in [0, 0.05) is 17.3 Å². The zero-order valence-corrected chi connectivity index (χ0v) is 13.0. The van der Waals surface area contributed by atoms with Crippen LogP contribution in [0, 0.1) is 5.82 Å². The van der Waals surface area contributed by atoms with Crippen molar-refractivity contribution in [2.24, 2.45) is 0 Å². The summed E-state index contributed by atoms with van der Waals surface area (Å²) >= 11 is 0. The normalized spacial score (nSPS) is 10.8. The molecule has 0 atom stereocenters. The summed E-state index contributed by atoms with van der Waals surface area (Å²) in [5, 5.41) is 10.9. The molecule has 0 aliphatic heterocycles. The molecule has 6 nitrogen and oxygen atoms in total. The second-order valence-corrected chi connectivity index (χ2v) is 5.31. The Labute approximate surface area is 142 Å². The smallest absolute Gasteiger partial charge is 0.264 e. The highest BCUT2D eigenvalue weighted by molar-refractivity contribution is 5.67. The number of nitrogens with zero attached hydrogens (tertiary/aromatic N) is 3. The molecule has 2 aromatic carbocycles. The minimum atomic E-state index is -0.315. The highest BCUT2D eigenvalue weighted by atomic mass is 19.1.